The summed E-state index contributed by atoms with van der Waals surface area (Å²) >= 11 is 0. The maximum Gasteiger partial charge on any atom is 0.284 e. The van der Waals surface area contributed by atoms with E-state index in [4.69, 9.17) is 16.2 Å². The number of hydrogen-bond donors (Lipinski definition) is 3. The lowest BCUT2D eigenvalue weighted by Gasteiger charge is -2.41. The minimum Gasteiger partial charge on any atom is -0.383 e. The summed E-state index contributed by atoms with van der Waals surface area (Å²) in [5.74, 6) is -0.445. The molecule has 8 heteroatoms. The third-order valence-corrected chi connectivity index (χ3v) is 3.23. The molecular weight excluding hydrogens is 231 g/mol. The molecule has 1 saturated heterocycles. The van der Waals surface area contributed by atoms with Crippen LogP contribution in [-0.2, 0) is 14.1 Å². The Bertz CT molecular complexity index is 278. The Kier molecular flexibility index (Phi) is 4.76. The summed E-state index contributed by atoms with van der Waals surface area (Å²) in [4.78, 5) is 11.9. The second kappa shape index (κ2) is 5.65. The van der Waals surface area contributed by atoms with E-state index in [0.29, 0.717) is 26.1 Å². The lowest BCUT2D eigenvalue weighted by atomic mass is 9.94. The molecule has 1 fully saturated rings. The van der Waals surface area contributed by atoms with E-state index in [1.165, 1.54) is 0 Å². The van der Waals surface area contributed by atoms with Gasteiger partial charge in [-0.05, 0) is 6.42 Å². The zero-order chi connectivity index (χ0) is 12.2. The Morgan fingerprint density at radius 3 is 3.00 bits per heavy atom. The van der Waals surface area contributed by atoms with Crippen LogP contribution in [0.2, 0.25) is 0 Å². The van der Waals surface area contributed by atoms with Crippen molar-refractivity contribution >= 4 is 14.5 Å². The molecule has 0 radical (unpaired) electrons. The first-order valence-corrected chi connectivity index (χ1v) is 5.76. The van der Waals surface area contributed by atoms with Crippen molar-refractivity contribution in [3.05, 3.63) is 0 Å². The predicted octanol–water partition coefficient (Wildman–Crippen LogP) is -1.36. The molecule has 1 aliphatic rings. The van der Waals surface area contributed by atoms with E-state index >= 15 is 0 Å². The Balaban J connectivity index is 2.71. The van der Waals surface area contributed by atoms with Crippen LogP contribution in [-0.4, -0.2) is 49.1 Å². The molecule has 0 aromatic rings. The summed E-state index contributed by atoms with van der Waals surface area (Å²) in [6.07, 6.45) is 0.511. The molecule has 2 atom stereocenters. The first-order chi connectivity index (χ1) is 7.56. The maximum absolute atomic E-state index is 11.9. The minimum absolute atomic E-state index is 0.350. The van der Waals surface area contributed by atoms with Crippen LogP contribution in [0.3, 0.4) is 0 Å². The van der Waals surface area contributed by atoms with Gasteiger partial charge in [0, 0.05) is 26.2 Å². The summed E-state index contributed by atoms with van der Waals surface area (Å²) in [7, 11) is 1.20. The standard InChI is InChI=1S/C8H17N4O3P/c1-15-5-3-11-8(10)6(9)2-4-12(16-14)7(8)13/h6,11H,2-5,9-10H2,1H3/t6?,8-/m0/s1. The number of nitrogens with two attached hydrogens (primary N) is 2. The zero-order valence-corrected chi connectivity index (χ0v) is 10.1. The molecule has 1 heterocycles. The van der Waals surface area contributed by atoms with Crippen molar-refractivity contribution in [1.29, 1.82) is 0 Å². The van der Waals surface area contributed by atoms with Crippen LogP contribution in [0.15, 0.2) is 0 Å². The van der Waals surface area contributed by atoms with E-state index in [2.05, 4.69) is 5.32 Å². The van der Waals surface area contributed by atoms with E-state index < -0.39 is 17.6 Å². The van der Waals surface area contributed by atoms with Gasteiger partial charge >= 0.3 is 0 Å². The highest BCUT2D eigenvalue weighted by molar-refractivity contribution is 7.21. The molecular formula is C8H17N4O3P. The van der Waals surface area contributed by atoms with Gasteiger partial charge in [-0.3, -0.25) is 14.8 Å². The Morgan fingerprint density at radius 2 is 2.44 bits per heavy atom. The van der Waals surface area contributed by atoms with E-state index in [1.807, 2.05) is 0 Å². The SMILES string of the molecule is COCCN[C@]1(N)C(=O)N(P=O)CCC1N. The van der Waals surface area contributed by atoms with Gasteiger partial charge in [-0.15, -0.1) is 0 Å². The van der Waals surface area contributed by atoms with Crippen molar-refractivity contribution in [1.82, 2.24) is 9.99 Å². The summed E-state index contributed by atoms with van der Waals surface area (Å²) in [5, 5.41) is 2.86. The Labute approximate surface area is 95.7 Å². The van der Waals surface area contributed by atoms with Crippen molar-refractivity contribution < 1.29 is 14.1 Å². The normalized spacial score (nSPS) is 31.1. The first kappa shape index (κ1) is 13.5. The number of nitrogens with one attached hydrogen (secondary N) is 1. The van der Waals surface area contributed by atoms with Gasteiger partial charge in [-0.25, -0.2) is 4.57 Å². The van der Waals surface area contributed by atoms with Gasteiger partial charge in [-0.1, -0.05) is 0 Å². The van der Waals surface area contributed by atoms with Crippen molar-refractivity contribution in [3.63, 3.8) is 0 Å². The second-order valence-corrected chi connectivity index (χ2v) is 4.34. The van der Waals surface area contributed by atoms with Crippen molar-refractivity contribution in [2.75, 3.05) is 26.8 Å². The molecule has 0 aromatic heterocycles. The van der Waals surface area contributed by atoms with Gasteiger partial charge in [0.1, 0.15) is 0 Å². The summed E-state index contributed by atoms with van der Waals surface area (Å²) in [5.41, 5.74) is 10.4. The number of carbonyl (C=O) groups excluding carboxylic acids is 1. The van der Waals surface area contributed by atoms with Crippen LogP contribution in [0.25, 0.3) is 0 Å². The molecule has 1 unspecified atom stereocenters. The minimum atomic E-state index is -1.35. The number of carbonyl (C=O) groups is 1. The van der Waals surface area contributed by atoms with Crippen LogP contribution in [0, 0.1) is 0 Å². The molecule has 0 spiro atoms. The van der Waals surface area contributed by atoms with Crippen molar-refractivity contribution in [2.45, 2.75) is 18.1 Å². The van der Waals surface area contributed by atoms with Crippen molar-refractivity contribution in [3.8, 4) is 0 Å². The molecule has 7 nitrogen and oxygen atoms in total. The topological polar surface area (TPSA) is 111 Å². The van der Waals surface area contributed by atoms with Crippen LogP contribution >= 0.6 is 8.61 Å². The second-order valence-electron chi connectivity index (χ2n) is 3.69. The zero-order valence-electron chi connectivity index (χ0n) is 9.18. The summed E-state index contributed by atoms with van der Waals surface area (Å²) < 4.78 is 16.7. The molecule has 0 saturated carbocycles. The third-order valence-electron chi connectivity index (χ3n) is 2.65. The van der Waals surface area contributed by atoms with Crippen LogP contribution < -0.4 is 16.8 Å². The molecule has 1 amide bonds. The fraction of sp³-hybridized carbons (Fsp3) is 0.875. The Morgan fingerprint density at radius 1 is 1.75 bits per heavy atom. The van der Waals surface area contributed by atoms with E-state index in [-0.39, 0.29) is 8.61 Å². The lowest BCUT2D eigenvalue weighted by Crippen LogP contribution is -2.74. The van der Waals surface area contributed by atoms with Crippen LogP contribution in [0.1, 0.15) is 6.42 Å². The maximum atomic E-state index is 11.9. The monoisotopic (exact) mass is 248 g/mol. The number of methoxy groups -OCH3 is 1. The molecule has 0 aromatic carbocycles. The quantitative estimate of drug-likeness (QED) is 0.315. The molecule has 1 aliphatic heterocycles. The molecule has 1 rings (SSSR count). The number of hydrogen-bond acceptors (Lipinski definition) is 6. The number of piperidine rings is 1. The van der Waals surface area contributed by atoms with Gasteiger partial charge in [0.2, 0.25) is 0 Å². The Hall–Kier alpha value is -0.590. The number of amides is 1. The highest BCUT2D eigenvalue weighted by Crippen LogP contribution is 2.22. The molecule has 5 N–H and O–H groups in total. The summed E-state index contributed by atoms with van der Waals surface area (Å²) in [6.45, 7) is 1.19. The van der Waals surface area contributed by atoms with E-state index in [1.54, 1.807) is 7.11 Å². The highest BCUT2D eigenvalue weighted by atomic mass is 31.1. The summed E-state index contributed by atoms with van der Waals surface area (Å²) in [6, 6.07) is -0.491. The number of rotatable bonds is 5. The average Bonchev–Trinajstić information content (AvgIpc) is 2.27. The average molecular weight is 248 g/mol. The largest absolute Gasteiger partial charge is 0.383 e. The van der Waals surface area contributed by atoms with E-state index in [9.17, 15) is 9.36 Å². The molecule has 16 heavy (non-hydrogen) atoms. The van der Waals surface area contributed by atoms with Crippen LogP contribution in [0.4, 0.5) is 0 Å². The predicted molar refractivity (Wildman–Crippen MR) is 58.7 cm³/mol. The van der Waals surface area contributed by atoms with Gasteiger partial charge in [-0.2, -0.15) is 0 Å². The fourth-order valence-electron chi connectivity index (χ4n) is 1.61. The van der Waals surface area contributed by atoms with Crippen LogP contribution in [0.5, 0.6) is 0 Å². The molecule has 0 bridgehead atoms. The molecule has 0 aliphatic carbocycles. The third kappa shape index (κ3) is 2.56. The lowest BCUT2D eigenvalue weighted by molar-refractivity contribution is -0.137. The van der Waals surface area contributed by atoms with Gasteiger partial charge in [0.25, 0.3) is 14.5 Å². The highest BCUT2D eigenvalue weighted by Gasteiger charge is 2.46. The number of nitrogens with zero attached hydrogens (tertiary/aromatic N) is 1. The van der Waals surface area contributed by atoms with E-state index in [0.717, 1.165) is 4.67 Å². The smallest absolute Gasteiger partial charge is 0.284 e. The van der Waals surface area contributed by atoms with Gasteiger partial charge < -0.3 is 16.2 Å². The van der Waals surface area contributed by atoms with Crippen molar-refractivity contribution in [2.24, 2.45) is 11.5 Å². The molecule has 92 valence electrons. The van der Waals surface area contributed by atoms with Gasteiger partial charge in [0.15, 0.2) is 5.66 Å². The number of ether oxygens (including phenoxy) is 1. The fourth-order valence-corrected chi connectivity index (χ4v) is 2.04. The first-order valence-electron chi connectivity index (χ1n) is 5.00. The van der Waals surface area contributed by atoms with Gasteiger partial charge in [0.05, 0.1) is 6.61 Å².